The van der Waals surface area contributed by atoms with Gasteiger partial charge in [-0.15, -0.1) is 10.2 Å². The molecule has 0 spiro atoms. The van der Waals surface area contributed by atoms with Crippen molar-refractivity contribution in [3.8, 4) is 22.8 Å². The van der Waals surface area contributed by atoms with Crippen molar-refractivity contribution in [2.75, 3.05) is 50.1 Å². The quantitative estimate of drug-likeness (QED) is 0.548. The molecule has 4 rings (SSSR count). The minimum atomic E-state index is -0.648. The zero-order chi connectivity index (χ0) is 23.9. The summed E-state index contributed by atoms with van der Waals surface area (Å²) in [5.74, 6) is 2.06. The third kappa shape index (κ3) is 6.02. The predicted octanol–water partition coefficient (Wildman–Crippen LogP) is 3.70. The van der Waals surface area contributed by atoms with Crippen LogP contribution < -0.4 is 19.7 Å². The van der Waals surface area contributed by atoms with E-state index in [0.29, 0.717) is 18.0 Å². The summed E-state index contributed by atoms with van der Waals surface area (Å²) in [5.41, 5.74) is 2.43. The van der Waals surface area contributed by atoms with Gasteiger partial charge in [0.05, 0.1) is 12.3 Å². The van der Waals surface area contributed by atoms with Crippen LogP contribution in [-0.2, 0) is 4.79 Å². The number of hydrogen-bond donors (Lipinski definition) is 1. The van der Waals surface area contributed by atoms with Gasteiger partial charge in [-0.2, -0.15) is 0 Å². The Hall–Kier alpha value is -3.65. The fraction of sp³-hybridized carbons (Fsp3) is 0.346. The Morgan fingerprint density at radius 3 is 2.24 bits per heavy atom. The van der Waals surface area contributed by atoms with Gasteiger partial charge in [-0.05, 0) is 69.4 Å². The van der Waals surface area contributed by atoms with E-state index in [1.807, 2.05) is 55.5 Å². The standard InChI is InChI=1S/C26H31N5O3/c1-4-33-22-9-11-23(12-10-22)34-19(2)26(32)27-21-7-5-20(6-8-21)24-13-14-25(29-28-24)31-17-15-30(3)16-18-31/h5-14,19H,4,15-18H2,1-3H3,(H,27,32). The lowest BCUT2D eigenvalue weighted by atomic mass is 10.1. The van der Waals surface area contributed by atoms with E-state index in [1.54, 1.807) is 19.1 Å². The molecule has 0 aliphatic carbocycles. The number of nitrogens with zero attached hydrogens (tertiary/aromatic N) is 4. The number of anilines is 2. The molecule has 0 radical (unpaired) electrons. The van der Waals surface area contributed by atoms with E-state index in [-0.39, 0.29) is 5.91 Å². The van der Waals surface area contributed by atoms with Crippen LogP contribution in [0.1, 0.15) is 13.8 Å². The minimum Gasteiger partial charge on any atom is -0.494 e. The van der Waals surface area contributed by atoms with Crippen molar-refractivity contribution in [2.24, 2.45) is 0 Å². The largest absolute Gasteiger partial charge is 0.494 e. The summed E-state index contributed by atoms with van der Waals surface area (Å²) in [4.78, 5) is 17.1. The Balaban J connectivity index is 1.31. The molecular formula is C26H31N5O3. The molecule has 178 valence electrons. The molecule has 8 nitrogen and oxygen atoms in total. The lowest BCUT2D eigenvalue weighted by molar-refractivity contribution is -0.122. The topological polar surface area (TPSA) is 79.8 Å². The normalized spacial score (nSPS) is 15.0. The molecule has 1 aliphatic heterocycles. The van der Waals surface area contributed by atoms with Crippen LogP contribution in [0.3, 0.4) is 0 Å². The van der Waals surface area contributed by atoms with Crippen LogP contribution in [0.4, 0.5) is 11.5 Å². The number of aromatic nitrogens is 2. The van der Waals surface area contributed by atoms with Crippen LogP contribution in [-0.4, -0.2) is 66.9 Å². The van der Waals surface area contributed by atoms with Crippen LogP contribution in [0.5, 0.6) is 11.5 Å². The molecule has 1 saturated heterocycles. The van der Waals surface area contributed by atoms with Gasteiger partial charge in [-0.25, -0.2) is 0 Å². The average Bonchev–Trinajstić information content (AvgIpc) is 2.86. The second-order valence-electron chi connectivity index (χ2n) is 8.30. The van der Waals surface area contributed by atoms with Gasteiger partial charge < -0.3 is 24.6 Å². The van der Waals surface area contributed by atoms with E-state index in [9.17, 15) is 4.79 Å². The first-order chi connectivity index (χ1) is 16.5. The number of ether oxygens (including phenoxy) is 2. The summed E-state index contributed by atoms with van der Waals surface area (Å²) in [5, 5.41) is 11.7. The first-order valence-electron chi connectivity index (χ1n) is 11.6. The van der Waals surface area contributed by atoms with Gasteiger partial charge in [0.15, 0.2) is 11.9 Å². The number of carbonyl (C=O) groups is 1. The number of amides is 1. The molecule has 1 fully saturated rings. The van der Waals surface area contributed by atoms with Crippen LogP contribution in [0, 0.1) is 0 Å². The summed E-state index contributed by atoms with van der Waals surface area (Å²) >= 11 is 0. The van der Waals surface area contributed by atoms with E-state index in [0.717, 1.165) is 49.0 Å². The monoisotopic (exact) mass is 461 g/mol. The molecule has 2 heterocycles. The first-order valence-corrected chi connectivity index (χ1v) is 11.6. The maximum atomic E-state index is 12.6. The van der Waals surface area contributed by atoms with Crippen molar-refractivity contribution >= 4 is 17.4 Å². The van der Waals surface area contributed by atoms with Gasteiger partial charge in [0, 0.05) is 37.4 Å². The highest BCUT2D eigenvalue weighted by Gasteiger charge is 2.17. The maximum Gasteiger partial charge on any atom is 0.265 e. The lowest BCUT2D eigenvalue weighted by Crippen LogP contribution is -2.44. The van der Waals surface area contributed by atoms with Crippen molar-refractivity contribution in [2.45, 2.75) is 20.0 Å². The molecule has 34 heavy (non-hydrogen) atoms. The van der Waals surface area contributed by atoms with E-state index >= 15 is 0 Å². The second kappa shape index (κ2) is 11.0. The number of piperazine rings is 1. The number of carbonyl (C=O) groups excluding carboxylic acids is 1. The first kappa shape index (κ1) is 23.5. The van der Waals surface area contributed by atoms with E-state index < -0.39 is 6.10 Å². The number of benzene rings is 2. The molecule has 8 heteroatoms. The highest BCUT2D eigenvalue weighted by Crippen LogP contribution is 2.22. The lowest BCUT2D eigenvalue weighted by Gasteiger charge is -2.32. The number of nitrogens with one attached hydrogen (secondary N) is 1. The highest BCUT2D eigenvalue weighted by molar-refractivity contribution is 5.94. The van der Waals surface area contributed by atoms with Gasteiger partial charge in [0.2, 0.25) is 0 Å². The molecule has 1 amide bonds. The van der Waals surface area contributed by atoms with Gasteiger partial charge in [0.25, 0.3) is 5.91 Å². The SMILES string of the molecule is CCOc1ccc(OC(C)C(=O)Nc2ccc(-c3ccc(N4CCN(C)CC4)nn3)cc2)cc1. The predicted molar refractivity (Wildman–Crippen MR) is 134 cm³/mol. The van der Waals surface area contributed by atoms with Crippen molar-refractivity contribution in [1.29, 1.82) is 0 Å². The Labute approximate surface area is 200 Å². The van der Waals surface area contributed by atoms with Gasteiger partial charge >= 0.3 is 0 Å². The van der Waals surface area contributed by atoms with E-state index in [4.69, 9.17) is 9.47 Å². The van der Waals surface area contributed by atoms with Crippen molar-refractivity contribution in [3.63, 3.8) is 0 Å². The Morgan fingerprint density at radius 2 is 1.62 bits per heavy atom. The van der Waals surface area contributed by atoms with Crippen LogP contribution in [0.25, 0.3) is 11.3 Å². The fourth-order valence-electron chi connectivity index (χ4n) is 3.69. The Kier molecular flexibility index (Phi) is 7.59. The van der Waals surface area contributed by atoms with Crippen molar-refractivity contribution < 1.29 is 14.3 Å². The smallest absolute Gasteiger partial charge is 0.265 e. The molecule has 3 aromatic rings. The van der Waals surface area contributed by atoms with Crippen LogP contribution in [0.15, 0.2) is 60.7 Å². The molecule has 2 aromatic carbocycles. The molecule has 0 bridgehead atoms. The highest BCUT2D eigenvalue weighted by atomic mass is 16.5. The molecule has 1 aliphatic rings. The Bertz CT molecular complexity index is 1060. The van der Waals surface area contributed by atoms with Crippen LogP contribution >= 0.6 is 0 Å². The summed E-state index contributed by atoms with van der Waals surface area (Å²) in [6.07, 6.45) is -0.648. The molecule has 1 N–H and O–H groups in total. The summed E-state index contributed by atoms with van der Waals surface area (Å²) in [6.45, 7) is 8.23. The minimum absolute atomic E-state index is 0.224. The van der Waals surface area contributed by atoms with Crippen molar-refractivity contribution in [1.82, 2.24) is 15.1 Å². The number of hydrogen-bond acceptors (Lipinski definition) is 7. The van der Waals surface area contributed by atoms with Crippen LogP contribution in [0.2, 0.25) is 0 Å². The van der Waals surface area contributed by atoms with Gasteiger partial charge in [-0.3, -0.25) is 4.79 Å². The molecule has 1 unspecified atom stereocenters. The van der Waals surface area contributed by atoms with Crippen molar-refractivity contribution in [3.05, 3.63) is 60.7 Å². The molecule has 1 atom stereocenters. The average molecular weight is 462 g/mol. The maximum absolute atomic E-state index is 12.6. The number of rotatable bonds is 8. The number of likely N-dealkylation sites (N-methyl/N-ethyl adjacent to an activating group) is 1. The zero-order valence-electron chi connectivity index (χ0n) is 19.9. The third-order valence-corrected chi connectivity index (χ3v) is 5.74. The van der Waals surface area contributed by atoms with Gasteiger partial charge in [0.1, 0.15) is 11.5 Å². The van der Waals surface area contributed by atoms with E-state index in [2.05, 4.69) is 32.4 Å². The van der Waals surface area contributed by atoms with Gasteiger partial charge in [-0.1, -0.05) is 12.1 Å². The second-order valence-corrected chi connectivity index (χ2v) is 8.30. The summed E-state index contributed by atoms with van der Waals surface area (Å²) in [7, 11) is 2.13. The summed E-state index contributed by atoms with van der Waals surface area (Å²) < 4.78 is 11.2. The summed E-state index contributed by atoms with van der Waals surface area (Å²) in [6, 6.07) is 18.8. The molecule has 1 aromatic heterocycles. The molecule has 0 saturated carbocycles. The molecular weight excluding hydrogens is 430 g/mol. The zero-order valence-corrected chi connectivity index (χ0v) is 19.9. The third-order valence-electron chi connectivity index (χ3n) is 5.74. The fourth-order valence-corrected chi connectivity index (χ4v) is 3.69. The van der Waals surface area contributed by atoms with E-state index in [1.165, 1.54) is 0 Å². The Morgan fingerprint density at radius 1 is 0.941 bits per heavy atom.